The zero-order chi connectivity index (χ0) is 14.5. The number of hydrogen-bond acceptors (Lipinski definition) is 0. The molecule has 3 aliphatic carbocycles. The van der Waals surface area contributed by atoms with Gasteiger partial charge in [0.2, 0.25) is 0 Å². The first-order chi connectivity index (χ1) is 10.4. The molecule has 0 heterocycles. The molecule has 0 nitrogen and oxygen atoms in total. The minimum absolute atomic E-state index is 0. The van der Waals surface area contributed by atoms with Crippen molar-refractivity contribution in [2.75, 3.05) is 6.16 Å². The van der Waals surface area contributed by atoms with Crippen LogP contribution in [0.15, 0.2) is 0 Å². The molecule has 0 aromatic carbocycles. The molecule has 0 N–H and O–H groups in total. The van der Waals surface area contributed by atoms with E-state index in [9.17, 15) is 0 Å². The van der Waals surface area contributed by atoms with Gasteiger partial charge in [-0.15, -0.1) is 0 Å². The Morgan fingerprint density at radius 2 is 0.818 bits per heavy atom. The van der Waals surface area contributed by atoms with Gasteiger partial charge >= 0.3 is 0 Å². The molecule has 130 valence electrons. The minimum atomic E-state index is -0.703. The standard InChI is InChI=1S/C20H38P.BrH/c1-2-21(18-12-6-3-7-13-18,19-14-8-4-9-15-19)20-16-10-5-11-17-20;/h18-20H,2-17H2,1H3;1H/q+1;/p-1. The first-order valence-electron chi connectivity index (χ1n) is 10.2. The summed E-state index contributed by atoms with van der Waals surface area (Å²) in [6, 6.07) is 0. The zero-order valence-corrected chi connectivity index (χ0v) is 17.4. The second-order valence-electron chi connectivity index (χ2n) is 8.19. The molecular weight excluding hydrogens is 351 g/mol. The molecule has 2 heteroatoms. The lowest BCUT2D eigenvalue weighted by atomic mass is 9.99. The Labute approximate surface area is 150 Å². The van der Waals surface area contributed by atoms with E-state index in [2.05, 4.69) is 6.92 Å². The van der Waals surface area contributed by atoms with E-state index in [1.165, 1.54) is 36.2 Å². The largest absolute Gasteiger partial charge is 1.00 e. The fourth-order valence-corrected chi connectivity index (χ4v) is 13.7. The maximum Gasteiger partial charge on any atom is 0.0703 e. The van der Waals surface area contributed by atoms with E-state index in [1.807, 2.05) is 0 Å². The fourth-order valence-electron chi connectivity index (χ4n) is 6.35. The van der Waals surface area contributed by atoms with Crippen LogP contribution < -0.4 is 17.0 Å². The monoisotopic (exact) mass is 388 g/mol. The molecule has 0 saturated heterocycles. The first-order valence-corrected chi connectivity index (χ1v) is 12.4. The highest BCUT2D eigenvalue weighted by Gasteiger charge is 2.55. The van der Waals surface area contributed by atoms with Crippen LogP contribution in [0.2, 0.25) is 0 Å². The smallest absolute Gasteiger partial charge is 0.0703 e. The molecule has 0 aliphatic heterocycles. The molecule has 0 aromatic rings. The topological polar surface area (TPSA) is 0 Å². The summed E-state index contributed by atoms with van der Waals surface area (Å²) in [5.74, 6) is 0. The quantitative estimate of drug-likeness (QED) is 0.637. The summed E-state index contributed by atoms with van der Waals surface area (Å²) in [5, 5.41) is 0. The average molecular weight is 389 g/mol. The Bertz CT molecular complexity index is 253. The Morgan fingerprint density at radius 3 is 1.05 bits per heavy atom. The molecule has 3 fully saturated rings. The summed E-state index contributed by atoms with van der Waals surface area (Å²) in [6.07, 6.45) is 25.3. The van der Waals surface area contributed by atoms with Gasteiger partial charge in [-0.3, -0.25) is 0 Å². The Morgan fingerprint density at radius 1 is 0.545 bits per heavy atom. The molecule has 0 unspecified atom stereocenters. The minimum Gasteiger partial charge on any atom is -1.00 e. The summed E-state index contributed by atoms with van der Waals surface area (Å²) in [4.78, 5) is 0. The van der Waals surface area contributed by atoms with Crippen LogP contribution in [-0.2, 0) is 0 Å². The van der Waals surface area contributed by atoms with Gasteiger partial charge in [-0.2, -0.15) is 0 Å². The predicted octanol–water partition coefficient (Wildman–Crippen LogP) is 4.03. The van der Waals surface area contributed by atoms with Crippen LogP contribution in [0.4, 0.5) is 0 Å². The SMILES string of the molecule is CC[P+](C1CCCCC1)(C1CCCCC1)C1CCCCC1.[Br-]. The van der Waals surface area contributed by atoms with Crippen molar-refractivity contribution in [2.45, 2.75) is 120 Å². The van der Waals surface area contributed by atoms with Crippen LogP contribution in [0.3, 0.4) is 0 Å². The molecule has 0 atom stereocenters. The fraction of sp³-hybridized carbons (Fsp3) is 1.00. The van der Waals surface area contributed by atoms with Gasteiger partial charge < -0.3 is 17.0 Å². The molecule has 22 heavy (non-hydrogen) atoms. The predicted molar refractivity (Wildman–Crippen MR) is 98.1 cm³/mol. The van der Waals surface area contributed by atoms with Crippen molar-refractivity contribution in [2.24, 2.45) is 0 Å². The Kier molecular flexibility index (Phi) is 8.23. The van der Waals surface area contributed by atoms with Crippen LogP contribution in [0.25, 0.3) is 0 Å². The third-order valence-electron chi connectivity index (χ3n) is 7.31. The van der Waals surface area contributed by atoms with Gasteiger partial charge in [0.15, 0.2) is 0 Å². The van der Waals surface area contributed by atoms with Crippen LogP contribution in [0, 0.1) is 0 Å². The van der Waals surface area contributed by atoms with E-state index in [0.29, 0.717) is 0 Å². The highest BCUT2D eigenvalue weighted by molar-refractivity contribution is 7.77. The van der Waals surface area contributed by atoms with Gasteiger partial charge in [-0.05, 0) is 84.0 Å². The normalized spacial score (nSPS) is 26.6. The van der Waals surface area contributed by atoms with E-state index in [1.54, 1.807) is 83.2 Å². The molecule has 3 aliphatic rings. The van der Waals surface area contributed by atoms with E-state index in [4.69, 9.17) is 0 Å². The number of rotatable bonds is 4. The maximum atomic E-state index is 2.62. The third-order valence-corrected chi connectivity index (χ3v) is 14.0. The highest BCUT2D eigenvalue weighted by Crippen LogP contribution is 2.76. The van der Waals surface area contributed by atoms with Gasteiger partial charge in [0.05, 0.1) is 23.1 Å². The summed E-state index contributed by atoms with van der Waals surface area (Å²) < 4.78 is 0. The summed E-state index contributed by atoms with van der Waals surface area (Å²) in [6.45, 7) is 2.62. The maximum absolute atomic E-state index is 2.62. The van der Waals surface area contributed by atoms with E-state index in [0.717, 1.165) is 0 Å². The van der Waals surface area contributed by atoms with Gasteiger partial charge in [0.25, 0.3) is 0 Å². The van der Waals surface area contributed by atoms with Crippen molar-refractivity contribution < 1.29 is 17.0 Å². The van der Waals surface area contributed by atoms with Crippen LogP contribution in [0.1, 0.15) is 103 Å². The van der Waals surface area contributed by atoms with Crippen molar-refractivity contribution in [3.8, 4) is 0 Å². The van der Waals surface area contributed by atoms with Crippen LogP contribution in [-0.4, -0.2) is 23.1 Å². The van der Waals surface area contributed by atoms with Gasteiger partial charge in [0, 0.05) is 7.26 Å². The first kappa shape index (κ1) is 19.2. The second-order valence-corrected chi connectivity index (χ2v) is 13.0. The lowest BCUT2D eigenvalue weighted by Crippen LogP contribution is -3.00. The molecule has 0 bridgehead atoms. The summed E-state index contributed by atoms with van der Waals surface area (Å²) in [5.41, 5.74) is 3.59. The van der Waals surface area contributed by atoms with Crippen molar-refractivity contribution in [3.63, 3.8) is 0 Å². The number of hydrogen-bond donors (Lipinski definition) is 0. The van der Waals surface area contributed by atoms with Gasteiger partial charge in [0.1, 0.15) is 0 Å². The molecule has 0 amide bonds. The lowest BCUT2D eigenvalue weighted by Gasteiger charge is -2.48. The molecular formula is C20H38BrP. The average Bonchev–Trinajstić information content (AvgIpc) is 2.59. The van der Waals surface area contributed by atoms with Gasteiger partial charge in [-0.1, -0.05) is 19.3 Å². The lowest BCUT2D eigenvalue weighted by molar-refractivity contribution is -0.00000451. The van der Waals surface area contributed by atoms with Crippen molar-refractivity contribution in [1.29, 1.82) is 0 Å². The molecule has 0 radical (unpaired) electrons. The zero-order valence-electron chi connectivity index (χ0n) is 14.9. The van der Waals surface area contributed by atoms with E-state index in [-0.39, 0.29) is 17.0 Å². The van der Waals surface area contributed by atoms with Crippen molar-refractivity contribution in [1.82, 2.24) is 0 Å². The second kappa shape index (κ2) is 9.41. The van der Waals surface area contributed by atoms with Crippen molar-refractivity contribution in [3.05, 3.63) is 0 Å². The van der Waals surface area contributed by atoms with Gasteiger partial charge in [-0.25, -0.2) is 0 Å². The highest BCUT2D eigenvalue weighted by atomic mass is 79.9. The Balaban J connectivity index is 0.00000176. The van der Waals surface area contributed by atoms with E-state index >= 15 is 0 Å². The van der Waals surface area contributed by atoms with Crippen LogP contribution in [0.5, 0.6) is 0 Å². The molecule has 0 spiro atoms. The number of halogens is 1. The third kappa shape index (κ3) is 3.93. The van der Waals surface area contributed by atoms with Crippen LogP contribution >= 0.6 is 7.26 Å². The molecule has 3 rings (SSSR count). The molecule has 3 saturated carbocycles. The van der Waals surface area contributed by atoms with E-state index < -0.39 is 7.26 Å². The van der Waals surface area contributed by atoms with Crippen molar-refractivity contribution >= 4 is 7.26 Å². The Hall–Kier alpha value is 0.910. The summed E-state index contributed by atoms with van der Waals surface area (Å²) >= 11 is 0. The summed E-state index contributed by atoms with van der Waals surface area (Å²) in [7, 11) is -0.703. The molecule has 0 aromatic heterocycles.